The highest BCUT2D eigenvalue weighted by Gasteiger charge is 2.20. The first-order valence-corrected chi connectivity index (χ1v) is 4.96. The van der Waals surface area contributed by atoms with Crippen molar-refractivity contribution in [3.63, 3.8) is 0 Å². The first-order valence-electron chi connectivity index (χ1n) is 4.96. The zero-order valence-electron chi connectivity index (χ0n) is 8.38. The molecule has 1 fully saturated rings. The molecule has 0 bridgehead atoms. The maximum absolute atomic E-state index is 4.30. The Bertz CT molecular complexity index is 286. The largest absolute Gasteiger partial charge is 0.311 e. The van der Waals surface area contributed by atoms with Gasteiger partial charge in [0.25, 0.3) is 0 Å². The van der Waals surface area contributed by atoms with Gasteiger partial charge in [-0.3, -0.25) is 4.68 Å². The van der Waals surface area contributed by atoms with Crippen LogP contribution in [0, 0.1) is 12.8 Å². The molecule has 1 aliphatic rings. The summed E-state index contributed by atoms with van der Waals surface area (Å²) in [5, 5.41) is 7.76. The molecule has 0 atom stereocenters. The first-order chi connectivity index (χ1) is 6.25. The molecule has 13 heavy (non-hydrogen) atoms. The highest BCUT2D eigenvalue weighted by Crippen LogP contribution is 2.27. The third kappa shape index (κ3) is 2.31. The summed E-state index contributed by atoms with van der Waals surface area (Å²) in [5.74, 6) is 0.953. The quantitative estimate of drug-likeness (QED) is 0.753. The Morgan fingerprint density at radius 1 is 1.62 bits per heavy atom. The van der Waals surface area contributed by atoms with E-state index in [9.17, 15) is 0 Å². The van der Waals surface area contributed by atoms with E-state index in [0.29, 0.717) is 0 Å². The molecule has 1 aromatic heterocycles. The van der Waals surface area contributed by atoms with E-state index in [-0.39, 0.29) is 0 Å². The average Bonchev–Trinajstić information content (AvgIpc) is 2.81. The van der Waals surface area contributed by atoms with Gasteiger partial charge in [0.1, 0.15) is 0 Å². The van der Waals surface area contributed by atoms with Gasteiger partial charge in [0.05, 0.1) is 11.4 Å². The molecule has 0 unspecified atom stereocenters. The fourth-order valence-electron chi connectivity index (χ4n) is 1.56. The summed E-state index contributed by atoms with van der Waals surface area (Å²) in [7, 11) is 2.00. The molecule has 0 aromatic carbocycles. The van der Waals surface area contributed by atoms with Gasteiger partial charge in [0.15, 0.2) is 0 Å². The zero-order valence-corrected chi connectivity index (χ0v) is 8.38. The molecular formula is C10H17N3. The first kappa shape index (κ1) is 8.75. The van der Waals surface area contributed by atoms with Crippen LogP contribution < -0.4 is 5.32 Å². The van der Waals surface area contributed by atoms with E-state index in [0.717, 1.165) is 18.2 Å². The van der Waals surface area contributed by atoms with E-state index in [1.165, 1.54) is 25.1 Å². The fourth-order valence-corrected chi connectivity index (χ4v) is 1.56. The molecule has 0 saturated heterocycles. The van der Waals surface area contributed by atoms with E-state index in [1.54, 1.807) is 0 Å². The van der Waals surface area contributed by atoms with Crippen molar-refractivity contribution in [2.24, 2.45) is 13.0 Å². The third-order valence-corrected chi connectivity index (χ3v) is 2.53. The number of aromatic nitrogens is 2. The van der Waals surface area contributed by atoms with Gasteiger partial charge >= 0.3 is 0 Å². The van der Waals surface area contributed by atoms with Crippen LogP contribution in [0.1, 0.15) is 24.2 Å². The van der Waals surface area contributed by atoms with E-state index < -0.39 is 0 Å². The van der Waals surface area contributed by atoms with E-state index >= 15 is 0 Å². The van der Waals surface area contributed by atoms with Crippen LogP contribution in [0.3, 0.4) is 0 Å². The minimum Gasteiger partial charge on any atom is -0.311 e. The summed E-state index contributed by atoms with van der Waals surface area (Å²) >= 11 is 0. The number of rotatable bonds is 4. The van der Waals surface area contributed by atoms with Gasteiger partial charge in [0.2, 0.25) is 0 Å². The summed E-state index contributed by atoms with van der Waals surface area (Å²) in [4.78, 5) is 0. The van der Waals surface area contributed by atoms with Crippen molar-refractivity contribution >= 4 is 0 Å². The highest BCUT2D eigenvalue weighted by molar-refractivity contribution is 5.08. The molecule has 3 nitrogen and oxygen atoms in total. The zero-order chi connectivity index (χ0) is 9.26. The van der Waals surface area contributed by atoms with Gasteiger partial charge < -0.3 is 5.32 Å². The van der Waals surface area contributed by atoms with Gasteiger partial charge in [-0.25, -0.2) is 0 Å². The third-order valence-electron chi connectivity index (χ3n) is 2.53. The summed E-state index contributed by atoms with van der Waals surface area (Å²) in [6, 6.07) is 2.14. The molecule has 0 amide bonds. The second-order valence-electron chi connectivity index (χ2n) is 3.97. The lowest BCUT2D eigenvalue weighted by molar-refractivity contribution is 0.598. The highest BCUT2D eigenvalue weighted by atomic mass is 15.3. The molecule has 1 aromatic rings. The Balaban J connectivity index is 1.81. The second kappa shape index (κ2) is 3.50. The van der Waals surface area contributed by atoms with Crippen LogP contribution in [0.15, 0.2) is 6.07 Å². The fraction of sp³-hybridized carbons (Fsp3) is 0.700. The second-order valence-corrected chi connectivity index (χ2v) is 3.97. The summed E-state index contributed by atoms with van der Waals surface area (Å²) in [6.45, 7) is 4.16. The molecule has 0 aliphatic heterocycles. The van der Waals surface area contributed by atoms with Crippen molar-refractivity contribution in [3.05, 3.63) is 17.5 Å². The van der Waals surface area contributed by atoms with Gasteiger partial charge in [-0.05, 0) is 38.3 Å². The molecule has 1 N–H and O–H groups in total. The lowest BCUT2D eigenvalue weighted by Crippen LogP contribution is -2.18. The van der Waals surface area contributed by atoms with Gasteiger partial charge in [-0.15, -0.1) is 0 Å². The van der Waals surface area contributed by atoms with Crippen molar-refractivity contribution < 1.29 is 0 Å². The number of nitrogens with zero attached hydrogens (tertiary/aromatic N) is 2. The van der Waals surface area contributed by atoms with Crippen LogP contribution >= 0.6 is 0 Å². The smallest absolute Gasteiger partial charge is 0.0597 e. The van der Waals surface area contributed by atoms with E-state index in [4.69, 9.17) is 0 Å². The van der Waals surface area contributed by atoms with Crippen molar-refractivity contribution in [1.82, 2.24) is 15.1 Å². The van der Waals surface area contributed by atoms with Crippen LogP contribution in [0.25, 0.3) is 0 Å². The van der Waals surface area contributed by atoms with E-state index in [2.05, 4.69) is 16.5 Å². The molecule has 72 valence electrons. The van der Waals surface area contributed by atoms with Crippen molar-refractivity contribution in [1.29, 1.82) is 0 Å². The van der Waals surface area contributed by atoms with Crippen LogP contribution in [-0.4, -0.2) is 16.3 Å². The van der Waals surface area contributed by atoms with Crippen LogP contribution in [0.5, 0.6) is 0 Å². The molecule has 0 radical (unpaired) electrons. The predicted molar refractivity (Wildman–Crippen MR) is 52.4 cm³/mol. The number of nitrogens with one attached hydrogen (secondary N) is 1. The molecule has 1 aliphatic carbocycles. The average molecular weight is 179 g/mol. The molecule has 3 heteroatoms. The Morgan fingerprint density at radius 3 is 2.92 bits per heavy atom. The molecule has 2 rings (SSSR count). The van der Waals surface area contributed by atoms with Crippen molar-refractivity contribution in [2.75, 3.05) is 6.54 Å². The SMILES string of the molecule is Cc1cc(CNCC2CC2)n(C)n1. The number of aryl methyl sites for hydroxylation is 2. The predicted octanol–water partition coefficient (Wildman–Crippen LogP) is 1.23. The van der Waals surface area contributed by atoms with Crippen LogP contribution in [0.4, 0.5) is 0 Å². The number of hydrogen-bond acceptors (Lipinski definition) is 2. The van der Waals surface area contributed by atoms with Crippen molar-refractivity contribution in [2.45, 2.75) is 26.3 Å². The van der Waals surface area contributed by atoms with Gasteiger partial charge in [0, 0.05) is 13.6 Å². The molecular weight excluding hydrogens is 162 g/mol. The Hall–Kier alpha value is -0.830. The summed E-state index contributed by atoms with van der Waals surface area (Å²) < 4.78 is 1.95. The summed E-state index contributed by atoms with van der Waals surface area (Å²) in [6.07, 6.45) is 2.83. The van der Waals surface area contributed by atoms with Crippen molar-refractivity contribution in [3.8, 4) is 0 Å². The van der Waals surface area contributed by atoms with Crippen LogP contribution in [-0.2, 0) is 13.6 Å². The van der Waals surface area contributed by atoms with Crippen LogP contribution in [0.2, 0.25) is 0 Å². The molecule has 0 spiro atoms. The minimum absolute atomic E-state index is 0.952. The molecule has 1 saturated carbocycles. The lowest BCUT2D eigenvalue weighted by atomic mass is 10.3. The molecule has 1 heterocycles. The Morgan fingerprint density at radius 2 is 2.38 bits per heavy atom. The van der Waals surface area contributed by atoms with E-state index in [1.807, 2.05) is 18.7 Å². The topological polar surface area (TPSA) is 29.9 Å². The van der Waals surface area contributed by atoms with Gasteiger partial charge in [-0.1, -0.05) is 0 Å². The number of hydrogen-bond donors (Lipinski definition) is 1. The Kier molecular flexibility index (Phi) is 2.36. The maximum atomic E-state index is 4.30. The summed E-state index contributed by atoms with van der Waals surface area (Å²) in [5.41, 5.74) is 2.38. The Labute approximate surface area is 79.1 Å². The maximum Gasteiger partial charge on any atom is 0.0597 e. The standard InChI is InChI=1S/C10H17N3/c1-8-5-10(13(2)12-8)7-11-6-9-3-4-9/h5,9,11H,3-4,6-7H2,1-2H3. The normalized spacial score (nSPS) is 16.5. The lowest BCUT2D eigenvalue weighted by Gasteiger charge is -2.03. The monoisotopic (exact) mass is 179 g/mol. The van der Waals surface area contributed by atoms with Gasteiger partial charge in [-0.2, -0.15) is 5.10 Å². The minimum atomic E-state index is 0.952.